The molecule has 5 nitrogen and oxygen atoms in total. The Morgan fingerprint density at radius 1 is 0.806 bits per heavy atom. The Kier molecular flexibility index (Phi) is 11.3. The molecule has 2 N–H and O–H groups in total. The number of nitrogens with zero attached hydrogens (tertiary/aromatic N) is 1. The van der Waals surface area contributed by atoms with E-state index in [2.05, 4.69) is 80.3 Å². The van der Waals surface area contributed by atoms with E-state index in [1.54, 1.807) is 0 Å². The number of hydrogen-bond donors (Lipinski definition) is 1. The Hall–Kier alpha value is -2.73. The molecule has 3 aromatic rings. The zero-order valence-electron chi connectivity index (χ0n) is 23.9. The maximum absolute atomic E-state index is 12.0. The zero-order chi connectivity index (χ0) is 28.1. The van der Waals surface area contributed by atoms with Crippen LogP contribution in [-0.2, 0) is 4.79 Å². The quantitative estimate of drug-likeness (QED) is 0.266. The van der Waals surface area contributed by atoms with Gasteiger partial charge >= 0.3 is 0 Å². The van der Waals surface area contributed by atoms with Crippen LogP contribution in [0.1, 0.15) is 80.4 Å². The van der Waals surface area contributed by atoms with Gasteiger partial charge in [0.15, 0.2) is 11.7 Å². The van der Waals surface area contributed by atoms with E-state index in [9.17, 15) is 9.59 Å². The molecule has 0 bridgehead atoms. The van der Waals surface area contributed by atoms with Crippen molar-refractivity contribution in [2.75, 3.05) is 0 Å². The van der Waals surface area contributed by atoms with Crippen LogP contribution in [0.5, 0.6) is 0 Å². The third-order valence-corrected chi connectivity index (χ3v) is 6.90. The first-order valence-corrected chi connectivity index (χ1v) is 13.0. The van der Waals surface area contributed by atoms with Gasteiger partial charge in [-0.1, -0.05) is 28.1 Å². The molecule has 0 spiro atoms. The van der Waals surface area contributed by atoms with E-state index in [0.29, 0.717) is 0 Å². The van der Waals surface area contributed by atoms with Gasteiger partial charge < -0.3 is 10.2 Å². The van der Waals surface area contributed by atoms with Crippen molar-refractivity contribution in [3.05, 3.63) is 73.9 Å². The van der Waals surface area contributed by atoms with Crippen molar-refractivity contribution >= 4 is 27.6 Å². The molecule has 1 aromatic heterocycles. The maximum atomic E-state index is 12.0. The number of benzene rings is 2. The van der Waals surface area contributed by atoms with Crippen LogP contribution in [-0.4, -0.2) is 21.5 Å². The SMILES string of the molecule is CC(N)=O.Cc1cc(C)c(C)c(C(=O)C(C)Br)c1C.Cc1nc(-c2c(C)c(C)cc(C)c2C)c(C)o1. The first kappa shape index (κ1) is 31.3. The molecule has 0 fully saturated rings. The largest absolute Gasteiger partial charge is 0.446 e. The second-order valence-electron chi connectivity index (χ2n) is 9.50. The van der Waals surface area contributed by atoms with Crippen molar-refractivity contribution in [3.63, 3.8) is 0 Å². The number of halogens is 1. The molecule has 36 heavy (non-hydrogen) atoms. The standard InChI is InChI=1S/C15H19NO.C13H17BrO.C2H5NO/c1-8-7-9(2)11(4)14(10(8)3)15-12(5)17-13(6)16-15;1-7-6-8(2)10(4)12(9(7)3)13(15)11(5)14;1-2(3)4/h7H,1-6H3;6,11H,1-5H3;1H3,(H2,3,4). The molecule has 0 saturated heterocycles. The van der Waals surface area contributed by atoms with Crippen LogP contribution in [0.25, 0.3) is 11.3 Å². The molecule has 6 heteroatoms. The monoisotopic (exact) mass is 556 g/mol. The molecule has 0 aliphatic rings. The number of ketones is 1. The summed E-state index contributed by atoms with van der Waals surface area (Å²) in [5, 5.41) is 0. The summed E-state index contributed by atoms with van der Waals surface area (Å²) in [7, 11) is 0. The molecule has 196 valence electrons. The number of amides is 1. The molecular weight excluding hydrogens is 516 g/mol. The van der Waals surface area contributed by atoms with E-state index in [0.717, 1.165) is 34.0 Å². The fourth-order valence-corrected chi connectivity index (χ4v) is 4.35. The summed E-state index contributed by atoms with van der Waals surface area (Å²) in [4.78, 5) is 25.7. The number of Topliss-reactive ketones (excluding diaryl/α,β-unsaturated/α-hetero) is 1. The van der Waals surface area contributed by atoms with Gasteiger partial charge in [0.1, 0.15) is 11.5 Å². The topological polar surface area (TPSA) is 86.2 Å². The smallest absolute Gasteiger partial charge is 0.214 e. The van der Waals surface area contributed by atoms with Gasteiger partial charge in [-0.25, -0.2) is 4.98 Å². The Labute approximate surface area is 225 Å². The van der Waals surface area contributed by atoms with E-state index >= 15 is 0 Å². The summed E-state index contributed by atoms with van der Waals surface area (Å²) < 4.78 is 5.55. The highest BCUT2D eigenvalue weighted by molar-refractivity contribution is 9.10. The lowest BCUT2D eigenvalue weighted by Crippen LogP contribution is -2.15. The van der Waals surface area contributed by atoms with Gasteiger partial charge in [0.25, 0.3) is 0 Å². The number of alkyl halides is 1. The number of rotatable bonds is 3. The molecule has 3 rings (SSSR count). The highest BCUT2D eigenvalue weighted by Crippen LogP contribution is 2.33. The predicted molar refractivity (Wildman–Crippen MR) is 153 cm³/mol. The minimum atomic E-state index is -0.333. The van der Waals surface area contributed by atoms with Crippen LogP contribution in [0.3, 0.4) is 0 Å². The minimum Gasteiger partial charge on any atom is -0.446 e. The summed E-state index contributed by atoms with van der Waals surface area (Å²) in [5.74, 6) is 1.48. The normalized spacial score (nSPS) is 11.1. The molecule has 0 radical (unpaired) electrons. The number of aromatic nitrogens is 1. The minimum absolute atomic E-state index is 0.115. The van der Waals surface area contributed by atoms with Crippen molar-refractivity contribution in [1.29, 1.82) is 0 Å². The number of carbonyl (C=O) groups is 2. The third kappa shape index (κ3) is 7.63. The number of aryl methyl sites for hydroxylation is 6. The van der Waals surface area contributed by atoms with Crippen LogP contribution < -0.4 is 5.73 Å². The van der Waals surface area contributed by atoms with Crippen molar-refractivity contribution in [3.8, 4) is 11.3 Å². The third-order valence-electron chi connectivity index (χ3n) is 6.48. The summed E-state index contributed by atoms with van der Waals surface area (Å²) in [5.41, 5.74) is 17.4. The van der Waals surface area contributed by atoms with Crippen LogP contribution in [0.2, 0.25) is 0 Å². The second kappa shape index (κ2) is 13.0. The van der Waals surface area contributed by atoms with Gasteiger partial charge in [0.05, 0.1) is 4.83 Å². The number of primary amides is 1. The molecule has 1 unspecified atom stereocenters. The van der Waals surface area contributed by atoms with Gasteiger partial charge in [0, 0.05) is 25.0 Å². The first-order valence-electron chi connectivity index (χ1n) is 12.0. The summed E-state index contributed by atoms with van der Waals surface area (Å²) in [6.45, 7) is 23.8. The summed E-state index contributed by atoms with van der Waals surface area (Å²) in [6, 6.07) is 4.37. The van der Waals surface area contributed by atoms with Crippen LogP contribution in [0.15, 0.2) is 16.5 Å². The highest BCUT2D eigenvalue weighted by Gasteiger charge is 2.19. The number of carbonyl (C=O) groups excluding carboxylic acids is 2. The van der Waals surface area contributed by atoms with Crippen molar-refractivity contribution in [1.82, 2.24) is 4.98 Å². The van der Waals surface area contributed by atoms with E-state index in [1.165, 1.54) is 45.9 Å². The Morgan fingerprint density at radius 2 is 1.17 bits per heavy atom. The lowest BCUT2D eigenvalue weighted by Gasteiger charge is -2.15. The molecule has 1 atom stereocenters. The van der Waals surface area contributed by atoms with E-state index < -0.39 is 0 Å². The zero-order valence-corrected chi connectivity index (χ0v) is 25.4. The summed E-state index contributed by atoms with van der Waals surface area (Å²) >= 11 is 3.34. The number of hydrogen-bond acceptors (Lipinski definition) is 4. The fourth-order valence-electron chi connectivity index (χ4n) is 4.12. The predicted octanol–water partition coefficient (Wildman–Crippen LogP) is 7.57. The second-order valence-corrected chi connectivity index (χ2v) is 10.9. The van der Waals surface area contributed by atoms with E-state index in [1.807, 2.05) is 34.6 Å². The van der Waals surface area contributed by atoms with Crippen LogP contribution in [0, 0.1) is 69.2 Å². The van der Waals surface area contributed by atoms with Crippen molar-refractivity contribution in [2.24, 2.45) is 5.73 Å². The van der Waals surface area contributed by atoms with Gasteiger partial charge in [-0.05, 0) is 114 Å². The average molecular weight is 558 g/mol. The molecule has 1 amide bonds. The lowest BCUT2D eigenvalue weighted by atomic mass is 9.91. The molecule has 2 aromatic carbocycles. The first-order chi connectivity index (χ1) is 16.5. The van der Waals surface area contributed by atoms with Crippen LogP contribution in [0.4, 0.5) is 0 Å². The van der Waals surface area contributed by atoms with Gasteiger partial charge in [-0.2, -0.15) is 0 Å². The molecule has 0 saturated carbocycles. The maximum Gasteiger partial charge on any atom is 0.214 e. The number of nitrogens with two attached hydrogens (primary N) is 1. The van der Waals surface area contributed by atoms with Gasteiger partial charge in [0.2, 0.25) is 5.91 Å². The van der Waals surface area contributed by atoms with Gasteiger partial charge in [-0.15, -0.1) is 0 Å². The number of oxazole rings is 1. The Balaban J connectivity index is 0.000000316. The summed E-state index contributed by atoms with van der Waals surface area (Å²) in [6.07, 6.45) is 0. The Bertz CT molecular complexity index is 1210. The molecule has 0 aliphatic heterocycles. The molecule has 1 heterocycles. The van der Waals surface area contributed by atoms with E-state index in [4.69, 9.17) is 4.42 Å². The fraction of sp³-hybridized carbons (Fsp3) is 0.433. The molecular formula is C30H41BrN2O3. The lowest BCUT2D eigenvalue weighted by molar-refractivity contribution is -0.115. The van der Waals surface area contributed by atoms with Crippen molar-refractivity contribution in [2.45, 2.75) is 87.9 Å². The molecule has 0 aliphatic carbocycles. The van der Waals surface area contributed by atoms with Gasteiger partial charge in [-0.3, -0.25) is 9.59 Å². The Morgan fingerprint density at radius 3 is 1.47 bits per heavy atom. The highest BCUT2D eigenvalue weighted by atomic mass is 79.9. The average Bonchev–Trinajstić information content (AvgIpc) is 3.08. The van der Waals surface area contributed by atoms with Crippen LogP contribution >= 0.6 is 15.9 Å². The van der Waals surface area contributed by atoms with Crippen molar-refractivity contribution < 1.29 is 14.0 Å². The van der Waals surface area contributed by atoms with E-state index in [-0.39, 0.29) is 16.5 Å².